The maximum atomic E-state index is 13.8. The van der Waals surface area contributed by atoms with Crippen LogP contribution in [-0.2, 0) is 35.3 Å². The van der Waals surface area contributed by atoms with E-state index in [2.05, 4.69) is 0 Å². The van der Waals surface area contributed by atoms with Crippen LogP contribution in [0.5, 0.6) is 0 Å². The number of sulfone groups is 1. The zero-order valence-corrected chi connectivity index (χ0v) is 18.0. The summed E-state index contributed by atoms with van der Waals surface area (Å²) in [5, 5.41) is 0. The molecule has 2 aromatic carbocycles. The van der Waals surface area contributed by atoms with Gasteiger partial charge in [-0.3, -0.25) is 9.59 Å². The largest absolute Gasteiger partial charge is 0.468 e. The van der Waals surface area contributed by atoms with E-state index in [4.69, 9.17) is 9.47 Å². The van der Waals surface area contributed by atoms with E-state index in [1.807, 2.05) is 12.1 Å². The van der Waals surface area contributed by atoms with Crippen molar-refractivity contribution in [2.75, 3.05) is 14.2 Å². The van der Waals surface area contributed by atoms with Crippen LogP contribution in [0, 0.1) is 5.41 Å². The Labute approximate surface area is 176 Å². The van der Waals surface area contributed by atoms with Crippen LogP contribution in [-0.4, -0.2) is 34.6 Å². The normalized spacial score (nSPS) is 18.5. The summed E-state index contributed by atoms with van der Waals surface area (Å²) in [6.07, 6.45) is 1.07. The van der Waals surface area contributed by atoms with E-state index < -0.39 is 27.2 Å². The molecule has 0 aliphatic heterocycles. The van der Waals surface area contributed by atoms with E-state index >= 15 is 0 Å². The summed E-state index contributed by atoms with van der Waals surface area (Å²) in [6, 6.07) is 15.1. The van der Waals surface area contributed by atoms with Crippen LogP contribution in [0.3, 0.4) is 0 Å². The number of hydrogen-bond donors (Lipinski definition) is 0. The Morgan fingerprint density at radius 1 is 0.900 bits per heavy atom. The first kappa shape index (κ1) is 21.8. The second kappa shape index (κ2) is 8.44. The Balaban J connectivity index is 2.46. The van der Waals surface area contributed by atoms with E-state index in [1.54, 1.807) is 30.3 Å². The maximum absolute atomic E-state index is 13.8. The number of benzene rings is 2. The van der Waals surface area contributed by atoms with E-state index in [0.717, 1.165) is 5.56 Å². The van der Waals surface area contributed by atoms with E-state index in [1.165, 1.54) is 33.3 Å². The number of methoxy groups -OCH3 is 2. The van der Waals surface area contributed by atoms with E-state index in [9.17, 15) is 18.0 Å². The van der Waals surface area contributed by atoms with Gasteiger partial charge in [0.25, 0.3) is 0 Å². The van der Waals surface area contributed by atoms with Gasteiger partial charge in [0.2, 0.25) is 9.84 Å². The van der Waals surface area contributed by atoms with Gasteiger partial charge >= 0.3 is 11.9 Å². The molecule has 7 heteroatoms. The number of hydrogen-bond acceptors (Lipinski definition) is 6. The summed E-state index contributed by atoms with van der Waals surface area (Å²) in [4.78, 5) is 25.9. The van der Waals surface area contributed by atoms with Gasteiger partial charge < -0.3 is 9.47 Å². The Kier molecular flexibility index (Phi) is 6.12. The van der Waals surface area contributed by atoms with Gasteiger partial charge in [0.05, 0.1) is 24.0 Å². The lowest BCUT2D eigenvalue weighted by Gasteiger charge is -2.33. The molecular formula is C23H24O6S. The molecule has 158 valence electrons. The molecule has 1 aliphatic carbocycles. The zero-order chi connectivity index (χ0) is 21.9. The molecule has 0 radical (unpaired) electrons. The van der Waals surface area contributed by atoms with E-state index in [0.29, 0.717) is 18.4 Å². The first-order valence-electron chi connectivity index (χ1n) is 9.57. The third-order valence-corrected chi connectivity index (χ3v) is 7.59. The highest BCUT2D eigenvalue weighted by atomic mass is 32.2. The predicted octanol–water partition coefficient (Wildman–Crippen LogP) is 3.56. The van der Waals surface area contributed by atoms with Gasteiger partial charge in [-0.1, -0.05) is 42.5 Å². The minimum Gasteiger partial charge on any atom is -0.468 e. The van der Waals surface area contributed by atoms with Crippen LogP contribution >= 0.6 is 0 Å². The number of aryl methyl sites for hydroxylation is 1. The fraction of sp³-hybridized carbons (Fsp3) is 0.304. The van der Waals surface area contributed by atoms with Crippen LogP contribution in [0.25, 0.3) is 4.91 Å². The van der Waals surface area contributed by atoms with Crippen LogP contribution in [0.4, 0.5) is 0 Å². The molecule has 0 saturated carbocycles. The summed E-state index contributed by atoms with van der Waals surface area (Å²) in [6.45, 7) is 1.51. The Bertz CT molecular complexity index is 1080. The molecule has 0 unspecified atom stereocenters. The SMILES string of the molecule is COC(=O)C1(C(=O)OC)CCCc2ccccc2/C(S(=O)(=O)c2ccccc2)=C\1C. The highest BCUT2D eigenvalue weighted by molar-refractivity contribution is 8.00. The highest BCUT2D eigenvalue weighted by Crippen LogP contribution is 2.46. The van der Waals surface area contributed by atoms with Crippen molar-refractivity contribution < 1.29 is 27.5 Å². The van der Waals surface area contributed by atoms with Gasteiger partial charge in [0.1, 0.15) is 0 Å². The quantitative estimate of drug-likeness (QED) is 0.547. The van der Waals surface area contributed by atoms with Crippen molar-refractivity contribution in [2.45, 2.75) is 31.1 Å². The van der Waals surface area contributed by atoms with Crippen LogP contribution in [0.2, 0.25) is 0 Å². The van der Waals surface area contributed by atoms with Crippen molar-refractivity contribution in [3.05, 3.63) is 71.3 Å². The average molecular weight is 429 g/mol. The standard InChI is InChI=1S/C23H24O6S/c1-16-20(30(26,27)18-12-5-4-6-13-18)19-14-8-7-10-17(19)11-9-15-23(16,21(24)28-2)22(25)29-3/h4-8,10,12-14H,9,11,15H2,1-3H3/b20-16+. The zero-order valence-electron chi connectivity index (χ0n) is 17.2. The first-order valence-corrected chi connectivity index (χ1v) is 11.1. The lowest BCUT2D eigenvalue weighted by Crippen LogP contribution is -2.43. The van der Waals surface area contributed by atoms with Crippen molar-refractivity contribution in [1.82, 2.24) is 0 Å². The summed E-state index contributed by atoms with van der Waals surface area (Å²) in [5.74, 6) is -1.65. The lowest BCUT2D eigenvalue weighted by molar-refractivity contribution is -0.166. The monoisotopic (exact) mass is 428 g/mol. The summed E-state index contributed by atoms with van der Waals surface area (Å²) in [5.41, 5.74) is -0.406. The fourth-order valence-electron chi connectivity index (χ4n) is 4.09. The van der Waals surface area contributed by atoms with Gasteiger partial charge in [-0.15, -0.1) is 0 Å². The Hall–Kier alpha value is -2.93. The second-order valence-corrected chi connectivity index (χ2v) is 9.06. The molecule has 0 saturated heterocycles. The third kappa shape index (κ3) is 3.43. The summed E-state index contributed by atoms with van der Waals surface area (Å²) >= 11 is 0. The van der Waals surface area contributed by atoms with Gasteiger partial charge in [0, 0.05) is 0 Å². The van der Waals surface area contributed by atoms with Gasteiger partial charge in [0.15, 0.2) is 5.41 Å². The van der Waals surface area contributed by atoms with E-state index in [-0.39, 0.29) is 21.8 Å². The molecule has 0 atom stereocenters. The number of carbonyl (C=O) groups excluding carboxylic acids is 2. The number of rotatable bonds is 4. The van der Waals surface area contributed by atoms with Gasteiger partial charge in [-0.25, -0.2) is 8.42 Å². The molecule has 0 aromatic heterocycles. The molecule has 0 heterocycles. The Morgan fingerprint density at radius 2 is 1.47 bits per heavy atom. The lowest BCUT2D eigenvalue weighted by atomic mass is 9.73. The van der Waals surface area contributed by atoms with Crippen molar-refractivity contribution >= 4 is 26.7 Å². The smallest absolute Gasteiger partial charge is 0.327 e. The molecule has 6 nitrogen and oxygen atoms in total. The maximum Gasteiger partial charge on any atom is 0.327 e. The molecule has 0 fully saturated rings. The summed E-state index contributed by atoms with van der Waals surface area (Å²) in [7, 11) is -1.70. The number of ether oxygens (including phenoxy) is 2. The second-order valence-electron chi connectivity index (χ2n) is 7.17. The molecule has 3 rings (SSSR count). The molecular weight excluding hydrogens is 404 g/mol. The Morgan fingerprint density at radius 3 is 2.07 bits per heavy atom. The molecule has 0 N–H and O–H groups in total. The number of carbonyl (C=O) groups is 2. The molecule has 0 bridgehead atoms. The molecule has 2 aromatic rings. The van der Waals surface area contributed by atoms with Crippen LogP contribution in [0.1, 0.15) is 30.9 Å². The average Bonchev–Trinajstić information content (AvgIpc) is 2.76. The molecule has 0 spiro atoms. The molecule has 1 aliphatic rings. The minimum absolute atomic E-state index is 0.0557. The molecule has 0 amide bonds. The summed E-state index contributed by atoms with van der Waals surface area (Å²) < 4.78 is 37.5. The fourth-order valence-corrected chi connectivity index (χ4v) is 5.91. The van der Waals surface area contributed by atoms with Crippen LogP contribution < -0.4 is 0 Å². The topological polar surface area (TPSA) is 86.7 Å². The molecule has 30 heavy (non-hydrogen) atoms. The van der Waals surface area contributed by atoms with Crippen molar-refractivity contribution in [1.29, 1.82) is 0 Å². The van der Waals surface area contributed by atoms with Gasteiger partial charge in [-0.05, 0) is 55.0 Å². The van der Waals surface area contributed by atoms with Crippen LogP contribution in [0.15, 0.2) is 65.1 Å². The van der Waals surface area contributed by atoms with Gasteiger partial charge in [-0.2, -0.15) is 0 Å². The van der Waals surface area contributed by atoms with Crippen molar-refractivity contribution in [3.63, 3.8) is 0 Å². The third-order valence-electron chi connectivity index (χ3n) is 5.63. The number of esters is 2. The van der Waals surface area contributed by atoms with Crippen molar-refractivity contribution in [3.8, 4) is 0 Å². The highest BCUT2D eigenvalue weighted by Gasteiger charge is 2.52. The minimum atomic E-state index is -4.05. The van der Waals surface area contributed by atoms with Crippen molar-refractivity contribution in [2.24, 2.45) is 5.41 Å². The number of fused-ring (bicyclic) bond motifs is 1. The first-order chi connectivity index (χ1) is 14.3. The predicted molar refractivity (Wildman–Crippen MR) is 112 cm³/mol.